The lowest BCUT2D eigenvalue weighted by Crippen LogP contribution is -2.36. The van der Waals surface area contributed by atoms with Crippen LogP contribution in [0.1, 0.15) is 30.2 Å². The van der Waals surface area contributed by atoms with Crippen molar-refractivity contribution in [3.8, 4) is 0 Å². The van der Waals surface area contributed by atoms with Crippen LogP contribution in [0.25, 0.3) is 0 Å². The van der Waals surface area contributed by atoms with E-state index >= 15 is 0 Å². The summed E-state index contributed by atoms with van der Waals surface area (Å²) in [7, 11) is 1.63. The van der Waals surface area contributed by atoms with Crippen LogP contribution < -0.4 is 0 Å². The zero-order valence-corrected chi connectivity index (χ0v) is 10.6. The van der Waals surface area contributed by atoms with Crippen LogP contribution in [-0.4, -0.2) is 36.2 Å². The molecule has 0 bridgehead atoms. The van der Waals surface area contributed by atoms with Gasteiger partial charge < -0.3 is 14.2 Å². The van der Waals surface area contributed by atoms with Gasteiger partial charge in [-0.2, -0.15) is 0 Å². The van der Waals surface area contributed by atoms with Crippen LogP contribution in [0.4, 0.5) is 0 Å². The zero-order valence-electron chi connectivity index (χ0n) is 10.6. The maximum absolute atomic E-state index is 11.5. The van der Waals surface area contributed by atoms with Crippen molar-refractivity contribution in [2.45, 2.75) is 25.4 Å². The zero-order chi connectivity index (χ0) is 13.0. The van der Waals surface area contributed by atoms with E-state index in [1.807, 2.05) is 11.0 Å². The minimum absolute atomic E-state index is 0.00803. The van der Waals surface area contributed by atoms with E-state index in [9.17, 15) is 4.79 Å². The fraction of sp³-hybridized carbons (Fsp3) is 0.538. The third kappa shape index (κ3) is 2.79. The highest BCUT2D eigenvalue weighted by Crippen LogP contribution is 2.27. The molecule has 0 atom stereocenters. The molecular formula is C13H18N2O3. The number of hydrogen-bond acceptors (Lipinski definition) is 4. The van der Waals surface area contributed by atoms with Gasteiger partial charge in [0, 0.05) is 32.2 Å². The summed E-state index contributed by atoms with van der Waals surface area (Å²) in [4.78, 5) is 13.3. The van der Waals surface area contributed by atoms with Crippen molar-refractivity contribution in [3.63, 3.8) is 0 Å². The first-order valence-electron chi connectivity index (χ1n) is 6.10. The van der Waals surface area contributed by atoms with Crippen molar-refractivity contribution in [1.29, 1.82) is 0 Å². The number of nitrogens with zero attached hydrogens (tertiary/aromatic N) is 2. The Labute approximate surface area is 106 Å². The lowest BCUT2D eigenvalue weighted by molar-refractivity contribution is -0.127. The van der Waals surface area contributed by atoms with E-state index in [-0.39, 0.29) is 5.91 Å². The molecule has 0 spiro atoms. The summed E-state index contributed by atoms with van der Waals surface area (Å²) in [6, 6.07) is 1.94. The van der Waals surface area contributed by atoms with Crippen molar-refractivity contribution in [2.24, 2.45) is 0 Å². The smallest absolute Gasteiger partial charge is 0.245 e. The molecule has 0 N–H and O–H groups in total. The minimum Gasteiger partial charge on any atom is -0.377 e. The number of hydrogen-bond donors (Lipinski definition) is 0. The van der Waals surface area contributed by atoms with Gasteiger partial charge >= 0.3 is 0 Å². The van der Waals surface area contributed by atoms with E-state index in [0.717, 1.165) is 37.4 Å². The first-order chi connectivity index (χ1) is 8.74. The fourth-order valence-corrected chi connectivity index (χ4v) is 2.26. The number of ether oxygens (including phenoxy) is 1. The monoisotopic (exact) mass is 250 g/mol. The molecule has 1 aliphatic rings. The predicted octanol–water partition coefficient (Wildman–Crippen LogP) is 1.71. The van der Waals surface area contributed by atoms with Gasteiger partial charge in [0.2, 0.25) is 5.91 Å². The largest absolute Gasteiger partial charge is 0.377 e. The molecule has 1 aromatic rings. The highest BCUT2D eigenvalue weighted by molar-refractivity contribution is 5.87. The van der Waals surface area contributed by atoms with E-state index in [0.29, 0.717) is 12.5 Å². The second-order valence-corrected chi connectivity index (χ2v) is 4.45. The van der Waals surface area contributed by atoms with Gasteiger partial charge in [0.1, 0.15) is 6.61 Å². The Morgan fingerprint density at radius 1 is 1.67 bits per heavy atom. The molecule has 1 aromatic heterocycles. The van der Waals surface area contributed by atoms with Gasteiger partial charge in [-0.1, -0.05) is 11.7 Å². The maximum atomic E-state index is 11.5. The molecule has 1 fully saturated rings. The lowest BCUT2D eigenvalue weighted by Gasteiger charge is -2.30. The molecule has 18 heavy (non-hydrogen) atoms. The summed E-state index contributed by atoms with van der Waals surface area (Å²) >= 11 is 0. The second-order valence-electron chi connectivity index (χ2n) is 4.45. The van der Waals surface area contributed by atoms with Crippen LogP contribution in [0.3, 0.4) is 0 Å². The first kappa shape index (κ1) is 12.8. The van der Waals surface area contributed by atoms with E-state index in [1.165, 1.54) is 6.08 Å². The molecule has 0 unspecified atom stereocenters. The fourth-order valence-electron chi connectivity index (χ4n) is 2.26. The maximum Gasteiger partial charge on any atom is 0.245 e. The number of piperidine rings is 1. The van der Waals surface area contributed by atoms with Crippen LogP contribution in [0.5, 0.6) is 0 Å². The highest BCUT2D eigenvalue weighted by atomic mass is 16.5. The van der Waals surface area contributed by atoms with Gasteiger partial charge in [0.25, 0.3) is 0 Å². The van der Waals surface area contributed by atoms with Crippen LogP contribution in [0.2, 0.25) is 0 Å². The summed E-state index contributed by atoms with van der Waals surface area (Å²) < 4.78 is 10.2. The van der Waals surface area contributed by atoms with E-state index in [2.05, 4.69) is 11.7 Å². The van der Waals surface area contributed by atoms with Crippen molar-refractivity contribution >= 4 is 5.91 Å². The summed E-state index contributed by atoms with van der Waals surface area (Å²) in [5.74, 6) is 1.12. The Kier molecular flexibility index (Phi) is 4.15. The van der Waals surface area contributed by atoms with Crippen molar-refractivity contribution in [3.05, 3.63) is 30.2 Å². The third-order valence-corrected chi connectivity index (χ3v) is 3.26. The number of rotatable bonds is 4. The van der Waals surface area contributed by atoms with E-state index < -0.39 is 0 Å². The summed E-state index contributed by atoms with van der Waals surface area (Å²) in [5, 5.41) is 4.07. The lowest BCUT2D eigenvalue weighted by atomic mass is 9.93. The summed E-state index contributed by atoms with van der Waals surface area (Å²) in [6.07, 6.45) is 3.20. The summed E-state index contributed by atoms with van der Waals surface area (Å²) in [6.45, 7) is 5.45. The predicted molar refractivity (Wildman–Crippen MR) is 66.0 cm³/mol. The second kappa shape index (κ2) is 5.82. The van der Waals surface area contributed by atoms with Gasteiger partial charge in [-0.15, -0.1) is 0 Å². The van der Waals surface area contributed by atoms with Crippen LogP contribution >= 0.6 is 0 Å². The molecular weight excluding hydrogens is 232 g/mol. The number of methoxy groups -OCH3 is 1. The average molecular weight is 250 g/mol. The number of carbonyl (C=O) groups is 1. The molecule has 0 saturated carbocycles. The molecule has 0 aliphatic carbocycles. The Balaban J connectivity index is 1.92. The molecule has 2 rings (SSSR count). The average Bonchev–Trinajstić information content (AvgIpc) is 2.87. The molecule has 1 saturated heterocycles. The molecule has 0 radical (unpaired) electrons. The molecule has 5 nitrogen and oxygen atoms in total. The molecule has 1 amide bonds. The number of aromatic nitrogens is 1. The Hall–Kier alpha value is -1.62. The minimum atomic E-state index is 0.00803. The van der Waals surface area contributed by atoms with Gasteiger partial charge in [-0.3, -0.25) is 4.79 Å². The van der Waals surface area contributed by atoms with Crippen LogP contribution in [-0.2, 0) is 16.1 Å². The Morgan fingerprint density at radius 2 is 2.39 bits per heavy atom. The topological polar surface area (TPSA) is 55.6 Å². The first-order valence-corrected chi connectivity index (χ1v) is 6.10. The van der Waals surface area contributed by atoms with Crippen molar-refractivity contribution in [2.75, 3.05) is 20.2 Å². The van der Waals surface area contributed by atoms with Gasteiger partial charge in [-0.05, 0) is 18.9 Å². The van der Waals surface area contributed by atoms with E-state index in [4.69, 9.17) is 9.26 Å². The quantitative estimate of drug-likeness (QED) is 0.763. The van der Waals surface area contributed by atoms with Crippen molar-refractivity contribution in [1.82, 2.24) is 10.1 Å². The van der Waals surface area contributed by atoms with Gasteiger partial charge in [-0.25, -0.2) is 0 Å². The van der Waals surface area contributed by atoms with Crippen molar-refractivity contribution < 1.29 is 14.1 Å². The number of amides is 1. The Morgan fingerprint density at radius 3 is 3.00 bits per heavy atom. The number of carbonyl (C=O) groups excluding carboxylic acids is 1. The molecule has 2 heterocycles. The summed E-state index contributed by atoms with van der Waals surface area (Å²) in [5.41, 5.74) is 0.966. The third-order valence-electron chi connectivity index (χ3n) is 3.26. The Bertz CT molecular complexity index is 420. The molecule has 1 aliphatic heterocycles. The van der Waals surface area contributed by atoms with Gasteiger partial charge in [0.05, 0.1) is 5.69 Å². The van der Waals surface area contributed by atoms with Crippen LogP contribution in [0, 0.1) is 0 Å². The van der Waals surface area contributed by atoms with Crippen LogP contribution in [0.15, 0.2) is 23.2 Å². The normalized spacial score (nSPS) is 16.8. The SMILES string of the molecule is C=CC(=O)N1CCC(c2cc(COC)on2)CC1. The number of likely N-dealkylation sites (tertiary alicyclic amines) is 1. The standard InChI is InChI=1S/C13H18N2O3/c1-3-13(16)15-6-4-10(5-7-15)12-8-11(9-17-2)18-14-12/h3,8,10H,1,4-7,9H2,2H3. The molecule has 5 heteroatoms. The highest BCUT2D eigenvalue weighted by Gasteiger charge is 2.24. The molecule has 0 aromatic carbocycles. The van der Waals surface area contributed by atoms with E-state index in [1.54, 1.807) is 7.11 Å². The van der Waals surface area contributed by atoms with Gasteiger partial charge in [0.15, 0.2) is 5.76 Å². The molecule has 98 valence electrons.